The molecule has 2 aliphatic rings. The van der Waals surface area contributed by atoms with Crippen molar-refractivity contribution in [3.8, 4) is 11.5 Å². The Balaban J connectivity index is 1.27. The highest BCUT2D eigenvalue weighted by Gasteiger charge is 2.24. The standard InChI is InChI=1S/C35H44N2O2/c1-2-34(29-11-4-3-5-12-29)35(31-15-19-33(20-16-31)39-28-26-37-23-8-9-24-37)30-13-17-32(18-14-30)38-27-10-25-36-21-6-7-22-36/h2-5,11-20,34-35H,1,6-10,21-28H2. The first kappa shape index (κ1) is 27.5. The van der Waals surface area contributed by atoms with Crippen LogP contribution in [0.1, 0.15) is 60.6 Å². The number of rotatable bonds is 14. The molecule has 2 unspecified atom stereocenters. The van der Waals surface area contributed by atoms with Crippen molar-refractivity contribution in [3.05, 3.63) is 108 Å². The van der Waals surface area contributed by atoms with E-state index in [0.717, 1.165) is 44.2 Å². The Labute approximate surface area is 235 Å². The van der Waals surface area contributed by atoms with Crippen molar-refractivity contribution in [2.24, 2.45) is 0 Å². The number of likely N-dealkylation sites (tertiary alicyclic amines) is 2. The smallest absolute Gasteiger partial charge is 0.119 e. The van der Waals surface area contributed by atoms with Crippen LogP contribution in [0.2, 0.25) is 0 Å². The molecule has 0 saturated carbocycles. The third kappa shape index (κ3) is 7.74. The maximum Gasteiger partial charge on any atom is 0.119 e. The van der Waals surface area contributed by atoms with Gasteiger partial charge in [-0.1, -0.05) is 60.7 Å². The average Bonchev–Trinajstić information content (AvgIpc) is 3.70. The highest BCUT2D eigenvalue weighted by molar-refractivity contribution is 5.43. The lowest BCUT2D eigenvalue weighted by molar-refractivity contribution is 0.237. The van der Waals surface area contributed by atoms with Crippen LogP contribution in [0.15, 0.2) is 91.5 Å². The fourth-order valence-corrected chi connectivity index (χ4v) is 6.07. The molecule has 5 rings (SSSR count). The van der Waals surface area contributed by atoms with Crippen LogP contribution in [-0.4, -0.2) is 62.3 Å². The van der Waals surface area contributed by atoms with Crippen LogP contribution < -0.4 is 9.47 Å². The van der Waals surface area contributed by atoms with Crippen molar-refractivity contribution in [2.45, 2.75) is 43.9 Å². The van der Waals surface area contributed by atoms with E-state index in [0.29, 0.717) is 0 Å². The van der Waals surface area contributed by atoms with Gasteiger partial charge in [-0.15, -0.1) is 6.58 Å². The molecular formula is C35H44N2O2. The molecule has 2 atom stereocenters. The van der Waals surface area contributed by atoms with Crippen molar-refractivity contribution in [1.82, 2.24) is 9.80 Å². The number of allylic oxidation sites excluding steroid dienone is 1. The topological polar surface area (TPSA) is 24.9 Å². The molecule has 2 fully saturated rings. The second-order valence-electron chi connectivity index (χ2n) is 10.9. The normalized spacial score (nSPS) is 17.6. The van der Waals surface area contributed by atoms with Gasteiger partial charge in [-0.2, -0.15) is 0 Å². The molecule has 0 N–H and O–H groups in total. The van der Waals surface area contributed by atoms with Crippen LogP contribution in [0, 0.1) is 0 Å². The molecule has 0 radical (unpaired) electrons. The monoisotopic (exact) mass is 524 g/mol. The predicted molar refractivity (Wildman–Crippen MR) is 161 cm³/mol. The highest BCUT2D eigenvalue weighted by atomic mass is 16.5. The molecule has 0 aliphatic carbocycles. The van der Waals surface area contributed by atoms with Crippen LogP contribution >= 0.6 is 0 Å². The van der Waals surface area contributed by atoms with E-state index in [9.17, 15) is 0 Å². The summed E-state index contributed by atoms with van der Waals surface area (Å²) < 4.78 is 12.2. The fraction of sp³-hybridized carbons (Fsp3) is 0.429. The van der Waals surface area contributed by atoms with E-state index in [4.69, 9.17) is 9.47 Å². The first-order valence-corrected chi connectivity index (χ1v) is 14.9. The summed E-state index contributed by atoms with van der Waals surface area (Å²) >= 11 is 0. The number of hydrogen-bond donors (Lipinski definition) is 0. The van der Waals surface area contributed by atoms with Crippen molar-refractivity contribution >= 4 is 0 Å². The van der Waals surface area contributed by atoms with Gasteiger partial charge in [0.2, 0.25) is 0 Å². The summed E-state index contributed by atoms with van der Waals surface area (Å²) in [4.78, 5) is 5.03. The van der Waals surface area contributed by atoms with Crippen LogP contribution in [0.25, 0.3) is 0 Å². The second kappa shape index (κ2) is 14.3. The summed E-state index contributed by atoms with van der Waals surface area (Å²) in [7, 11) is 0. The van der Waals surface area contributed by atoms with Gasteiger partial charge in [-0.05, 0) is 99.2 Å². The lowest BCUT2D eigenvalue weighted by Gasteiger charge is -2.27. The minimum atomic E-state index is 0.146. The Hall–Kier alpha value is -3.08. The van der Waals surface area contributed by atoms with E-state index in [1.807, 2.05) is 0 Å². The van der Waals surface area contributed by atoms with Gasteiger partial charge in [0.1, 0.15) is 18.1 Å². The van der Waals surface area contributed by atoms with Gasteiger partial charge in [-0.3, -0.25) is 4.90 Å². The molecule has 0 amide bonds. The second-order valence-corrected chi connectivity index (χ2v) is 10.9. The van der Waals surface area contributed by atoms with Crippen molar-refractivity contribution in [3.63, 3.8) is 0 Å². The van der Waals surface area contributed by atoms with Crippen molar-refractivity contribution < 1.29 is 9.47 Å². The number of nitrogens with zero attached hydrogens (tertiary/aromatic N) is 2. The van der Waals surface area contributed by atoms with E-state index in [2.05, 4.69) is 101 Å². The molecule has 0 bridgehead atoms. The van der Waals surface area contributed by atoms with Crippen molar-refractivity contribution in [1.29, 1.82) is 0 Å². The van der Waals surface area contributed by atoms with Crippen molar-refractivity contribution in [2.75, 3.05) is 52.5 Å². The Bertz CT molecular complexity index is 1120. The van der Waals surface area contributed by atoms with Crippen LogP contribution in [0.3, 0.4) is 0 Å². The van der Waals surface area contributed by atoms with Gasteiger partial charge in [-0.25, -0.2) is 0 Å². The minimum absolute atomic E-state index is 0.146. The Morgan fingerprint density at radius 2 is 1.13 bits per heavy atom. The van der Waals surface area contributed by atoms with Crippen LogP contribution in [-0.2, 0) is 0 Å². The molecule has 3 aromatic rings. The Kier molecular flexibility index (Phi) is 10.1. The molecule has 2 aliphatic heterocycles. The first-order chi connectivity index (χ1) is 19.3. The molecule has 2 saturated heterocycles. The molecule has 39 heavy (non-hydrogen) atoms. The highest BCUT2D eigenvalue weighted by Crippen LogP contribution is 2.40. The van der Waals surface area contributed by atoms with E-state index < -0.39 is 0 Å². The zero-order valence-corrected chi connectivity index (χ0v) is 23.3. The van der Waals surface area contributed by atoms with Gasteiger partial charge < -0.3 is 14.4 Å². The van der Waals surface area contributed by atoms with E-state index in [1.54, 1.807) is 0 Å². The third-order valence-electron chi connectivity index (χ3n) is 8.24. The van der Waals surface area contributed by atoms with Gasteiger partial charge in [0.25, 0.3) is 0 Å². The number of hydrogen-bond acceptors (Lipinski definition) is 4. The molecule has 4 nitrogen and oxygen atoms in total. The summed E-state index contributed by atoms with van der Waals surface area (Å²) in [5.74, 6) is 2.17. The quantitative estimate of drug-likeness (QED) is 0.165. The zero-order chi connectivity index (χ0) is 26.7. The summed E-state index contributed by atoms with van der Waals surface area (Å²) in [5.41, 5.74) is 3.79. The minimum Gasteiger partial charge on any atom is -0.494 e. The van der Waals surface area contributed by atoms with Gasteiger partial charge in [0.15, 0.2) is 0 Å². The number of benzene rings is 3. The predicted octanol–water partition coefficient (Wildman–Crippen LogP) is 7.13. The lowest BCUT2D eigenvalue weighted by Crippen LogP contribution is -2.25. The molecule has 2 heterocycles. The number of ether oxygens (including phenoxy) is 2. The fourth-order valence-electron chi connectivity index (χ4n) is 6.07. The maximum absolute atomic E-state index is 6.10. The molecular weight excluding hydrogens is 480 g/mol. The summed E-state index contributed by atoms with van der Waals surface area (Å²) in [6, 6.07) is 28.1. The third-order valence-corrected chi connectivity index (χ3v) is 8.24. The molecule has 0 aromatic heterocycles. The largest absolute Gasteiger partial charge is 0.494 e. The summed E-state index contributed by atoms with van der Waals surface area (Å²) in [6.45, 7) is 12.8. The molecule has 0 spiro atoms. The average molecular weight is 525 g/mol. The van der Waals surface area contributed by atoms with Gasteiger partial charge in [0, 0.05) is 24.9 Å². The van der Waals surface area contributed by atoms with E-state index in [-0.39, 0.29) is 11.8 Å². The van der Waals surface area contributed by atoms with Gasteiger partial charge in [0.05, 0.1) is 6.61 Å². The Morgan fingerprint density at radius 1 is 0.615 bits per heavy atom. The van der Waals surface area contributed by atoms with E-state index in [1.165, 1.54) is 68.6 Å². The van der Waals surface area contributed by atoms with Crippen LogP contribution in [0.4, 0.5) is 0 Å². The summed E-state index contributed by atoms with van der Waals surface area (Å²) in [5, 5.41) is 0. The molecule has 3 aromatic carbocycles. The summed E-state index contributed by atoms with van der Waals surface area (Å²) in [6.07, 6.45) is 8.47. The molecule has 206 valence electrons. The first-order valence-electron chi connectivity index (χ1n) is 14.9. The van der Waals surface area contributed by atoms with E-state index >= 15 is 0 Å². The maximum atomic E-state index is 6.10. The molecule has 4 heteroatoms. The van der Waals surface area contributed by atoms with Gasteiger partial charge >= 0.3 is 0 Å². The van der Waals surface area contributed by atoms with Crippen LogP contribution in [0.5, 0.6) is 11.5 Å². The SMILES string of the molecule is C=CC(c1ccccc1)C(c1ccc(OCCCN2CCCC2)cc1)c1ccc(OCCN2CCCC2)cc1. The Morgan fingerprint density at radius 3 is 1.67 bits per heavy atom. The lowest BCUT2D eigenvalue weighted by atomic mass is 9.77. The zero-order valence-electron chi connectivity index (χ0n) is 23.3.